The van der Waals surface area contributed by atoms with Gasteiger partial charge in [-0.25, -0.2) is 0 Å². The second-order valence-electron chi connectivity index (χ2n) is 6.27. The average Bonchev–Trinajstić information content (AvgIpc) is 2.62. The van der Waals surface area contributed by atoms with E-state index < -0.39 is 0 Å². The van der Waals surface area contributed by atoms with Gasteiger partial charge in [-0.2, -0.15) is 0 Å². The molecule has 24 heavy (non-hydrogen) atoms. The van der Waals surface area contributed by atoms with Gasteiger partial charge in [0.2, 0.25) is 0 Å². The van der Waals surface area contributed by atoms with Crippen LogP contribution in [0.3, 0.4) is 0 Å². The first kappa shape index (κ1) is 16.0. The summed E-state index contributed by atoms with van der Waals surface area (Å²) in [7, 11) is 0. The third-order valence-corrected chi connectivity index (χ3v) is 4.38. The Morgan fingerprint density at radius 2 is 0.667 bits per heavy atom. The zero-order chi connectivity index (χ0) is 17.1. The van der Waals surface area contributed by atoms with E-state index in [-0.39, 0.29) is 0 Å². The monoisotopic (exact) mass is 310 g/mol. The molecule has 0 fully saturated rings. The van der Waals surface area contributed by atoms with Crippen LogP contribution in [-0.4, -0.2) is 0 Å². The summed E-state index contributed by atoms with van der Waals surface area (Å²) >= 11 is 0. The van der Waals surface area contributed by atoms with E-state index in [2.05, 4.69) is 99.8 Å². The molecular weight excluding hydrogens is 288 g/mol. The van der Waals surface area contributed by atoms with Gasteiger partial charge in [0.05, 0.1) is 0 Å². The van der Waals surface area contributed by atoms with Gasteiger partial charge in [-0.3, -0.25) is 0 Å². The predicted molar refractivity (Wildman–Crippen MR) is 105 cm³/mol. The Balaban J connectivity index is 1.82. The minimum absolute atomic E-state index is 1.04. The van der Waals surface area contributed by atoms with Crippen molar-refractivity contribution in [3.63, 3.8) is 0 Å². The number of hydrogen-bond donors (Lipinski definition) is 0. The van der Waals surface area contributed by atoms with Crippen molar-refractivity contribution in [2.45, 2.75) is 13.8 Å². The quantitative estimate of drug-likeness (QED) is 0.521. The zero-order valence-electron chi connectivity index (χ0n) is 14.3. The van der Waals surface area contributed by atoms with E-state index in [1.807, 2.05) is 0 Å². The molecule has 0 N–H and O–H groups in total. The highest BCUT2D eigenvalue weighted by Crippen LogP contribution is 2.26. The molecule has 0 amide bonds. The first-order valence-electron chi connectivity index (χ1n) is 8.17. The van der Waals surface area contributed by atoms with Gasteiger partial charge in [0.1, 0.15) is 0 Å². The number of aryl methyl sites for hydroxylation is 2. The maximum absolute atomic E-state index is 4.24. The minimum atomic E-state index is 1.04. The van der Waals surface area contributed by atoms with E-state index in [0.717, 1.165) is 33.4 Å². The fourth-order valence-electron chi connectivity index (χ4n) is 2.72. The van der Waals surface area contributed by atoms with Gasteiger partial charge in [-0.15, -0.1) is 0 Å². The number of rotatable bonds is 4. The Labute approximate surface area is 144 Å². The molecule has 0 atom stereocenters. The summed E-state index contributed by atoms with van der Waals surface area (Å²) in [5.74, 6) is 0. The Morgan fingerprint density at radius 3 is 0.917 bits per heavy atom. The summed E-state index contributed by atoms with van der Waals surface area (Å²) in [6.07, 6.45) is 0. The molecule has 0 bridgehead atoms. The highest BCUT2D eigenvalue weighted by Gasteiger charge is 2.05. The largest absolute Gasteiger partial charge is 0.0906 e. The second kappa shape index (κ2) is 6.72. The first-order chi connectivity index (χ1) is 11.5. The van der Waals surface area contributed by atoms with Crippen LogP contribution in [0.15, 0.2) is 86.0 Å². The van der Waals surface area contributed by atoms with Crippen molar-refractivity contribution in [3.8, 4) is 0 Å². The van der Waals surface area contributed by atoms with E-state index in [4.69, 9.17) is 0 Å². The highest BCUT2D eigenvalue weighted by atomic mass is 14.1. The lowest BCUT2D eigenvalue weighted by molar-refractivity contribution is 1.44. The molecule has 0 saturated heterocycles. The topological polar surface area (TPSA) is 0 Å². The summed E-state index contributed by atoms with van der Waals surface area (Å²) in [6.45, 7) is 12.7. The molecule has 118 valence electrons. The Hall–Kier alpha value is -2.86. The Morgan fingerprint density at radius 1 is 0.458 bits per heavy atom. The lowest BCUT2D eigenvalue weighted by Gasteiger charge is -2.10. The number of benzene rings is 3. The van der Waals surface area contributed by atoms with Crippen LogP contribution in [0.5, 0.6) is 0 Å². The normalized spacial score (nSPS) is 10.4. The van der Waals surface area contributed by atoms with E-state index in [1.54, 1.807) is 0 Å². The smallest absolute Gasteiger partial charge is 0.0183 e. The molecule has 0 nitrogen and oxygen atoms in total. The molecule has 0 saturated carbocycles. The van der Waals surface area contributed by atoms with Crippen molar-refractivity contribution >= 4 is 11.1 Å². The molecule has 0 heterocycles. The van der Waals surface area contributed by atoms with Crippen molar-refractivity contribution in [2.75, 3.05) is 0 Å². The van der Waals surface area contributed by atoms with Crippen molar-refractivity contribution < 1.29 is 0 Å². The van der Waals surface area contributed by atoms with Crippen molar-refractivity contribution in [3.05, 3.63) is 119 Å². The van der Waals surface area contributed by atoms with Gasteiger partial charge in [-0.1, -0.05) is 97.1 Å². The van der Waals surface area contributed by atoms with Gasteiger partial charge >= 0.3 is 0 Å². The summed E-state index contributed by atoms with van der Waals surface area (Å²) in [4.78, 5) is 0. The molecule has 0 spiro atoms. The summed E-state index contributed by atoms with van der Waals surface area (Å²) in [5, 5.41) is 0. The Bertz CT molecular complexity index is 784. The second-order valence-corrected chi connectivity index (χ2v) is 6.27. The van der Waals surface area contributed by atoms with Crippen LogP contribution in [-0.2, 0) is 0 Å². The van der Waals surface area contributed by atoms with E-state index >= 15 is 0 Å². The molecule has 0 heteroatoms. The molecule has 0 aromatic heterocycles. The maximum atomic E-state index is 4.24. The molecule has 3 aromatic rings. The first-order valence-corrected chi connectivity index (χ1v) is 8.17. The van der Waals surface area contributed by atoms with Gasteiger partial charge in [0, 0.05) is 0 Å². The van der Waals surface area contributed by atoms with Crippen molar-refractivity contribution in [1.82, 2.24) is 0 Å². The van der Waals surface area contributed by atoms with E-state index in [9.17, 15) is 0 Å². The van der Waals surface area contributed by atoms with Gasteiger partial charge in [0.25, 0.3) is 0 Å². The molecule has 0 aliphatic carbocycles. The standard InChI is InChI=1S/C24H22/c1-17-5-9-21(10-6-17)19(3)23-13-15-24(16-14-23)20(4)22-11-7-18(2)8-12-22/h5-16H,3-4H2,1-2H3. The average molecular weight is 310 g/mol. The minimum Gasteiger partial charge on any atom is -0.0906 e. The highest BCUT2D eigenvalue weighted by molar-refractivity contribution is 5.82. The van der Waals surface area contributed by atoms with Crippen LogP contribution in [0.4, 0.5) is 0 Å². The molecule has 0 radical (unpaired) electrons. The zero-order valence-corrected chi connectivity index (χ0v) is 14.3. The van der Waals surface area contributed by atoms with Crippen molar-refractivity contribution in [1.29, 1.82) is 0 Å². The van der Waals surface area contributed by atoms with Crippen LogP contribution in [0, 0.1) is 13.8 Å². The lowest BCUT2D eigenvalue weighted by Crippen LogP contribution is -1.90. The lowest BCUT2D eigenvalue weighted by atomic mass is 9.94. The molecular formula is C24H22. The van der Waals surface area contributed by atoms with Gasteiger partial charge in [0.15, 0.2) is 0 Å². The summed E-state index contributed by atoms with van der Waals surface area (Å²) in [6, 6.07) is 25.5. The molecule has 0 aliphatic rings. The molecule has 3 rings (SSSR count). The maximum Gasteiger partial charge on any atom is -0.0183 e. The van der Waals surface area contributed by atoms with Crippen LogP contribution >= 0.6 is 0 Å². The molecule has 0 unspecified atom stereocenters. The third kappa shape index (κ3) is 3.38. The molecule has 0 aliphatic heterocycles. The predicted octanol–water partition coefficient (Wildman–Crippen LogP) is 6.43. The van der Waals surface area contributed by atoms with Gasteiger partial charge < -0.3 is 0 Å². The van der Waals surface area contributed by atoms with Crippen LogP contribution in [0.1, 0.15) is 33.4 Å². The summed E-state index contributed by atoms with van der Waals surface area (Å²) in [5.41, 5.74) is 9.20. The molecule has 3 aromatic carbocycles. The van der Waals surface area contributed by atoms with Crippen LogP contribution in [0.25, 0.3) is 11.1 Å². The van der Waals surface area contributed by atoms with Crippen LogP contribution in [0.2, 0.25) is 0 Å². The van der Waals surface area contributed by atoms with Crippen molar-refractivity contribution in [2.24, 2.45) is 0 Å². The Kier molecular flexibility index (Phi) is 4.48. The fourth-order valence-corrected chi connectivity index (χ4v) is 2.72. The number of hydrogen-bond acceptors (Lipinski definition) is 0. The van der Waals surface area contributed by atoms with Gasteiger partial charge in [-0.05, 0) is 47.2 Å². The van der Waals surface area contributed by atoms with E-state index in [0.29, 0.717) is 0 Å². The fraction of sp³-hybridized carbons (Fsp3) is 0.0833. The SMILES string of the molecule is C=C(c1ccc(C)cc1)c1ccc(C(=C)c2ccc(C)cc2)cc1. The third-order valence-electron chi connectivity index (χ3n) is 4.38. The van der Waals surface area contributed by atoms with E-state index in [1.165, 1.54) is 11.1 Å². The summed E-state index contributed by atoms with van der Waals surface area (Å²) < 4.78 is 0. The van der Waals surface area contributed by atoms with Crippen LogP contribution < -0.4 is 0 Å².